The quantitative estimate of drug-likeness (QED) is 0.763. The molecule has 1 nitrogen and oxygen atoms in total. The fourth-order valence-electron chi connectivity index (χ4n) is 1.86. The minimum atomic E-state index is -0.995. The molecule has 0 atom stereocenters. The zero-order chi connectivity index (χ0) is 15.2. The molecule has 0 radical (unpaired) electrons. The number of hydrogen-bond donors (Lipinski definition) is 0. The van der Waals surface area contributed by atoms with E-state index in [0.717, 1.165) is 12.0 Å². The summed E-state index contributed by atoms with van der Waals surface area (Å²) in [6.07, 6.45) is 0.951. The van der Waals surface area contributed by atoms with Gasteiger partial charge in [0.1, 0.15) is 0 Å². The monoisotopic (exact) mass is 286 g/mol. The second kappa shape index (κ2) is 6.90. The van der Waals surface area contributed by atoms with Crippen LogP contribution in [0.3, 0.4) is 0 Å². The molecule has 0 fully saturated rings. The van der Waals surface area contributed by atoms with Gasteiger partial charge in [0.15, 0.2) is 11.6 Å². The molecule has 0 bridgehead atoms. The van der Waals surface area contributed by atoms with E-state index in [1.165, 1.54) is 17.7 Å². The summed E-state index contributed by atoms with van der Waals surface area (Å²) in [6.45, 7) is 4.06. The second-order valence-electron chi connectivity index (χ2n) is 4.47. The van der Waals surface area contributed by atoms with Crippen molar-refractivity contribution < 1.29 is 13.5 Å². The molecule has 0 unspecified atom stereocenters. The third-order valence-corrected chi connectivity index (χ3v) is 3.05. The summed E-state index contributed by atoms with van der Waals surface area (Å²) in [7, 11) is 0. The van der Waals surface area contributed by atoms with Gasteiger partial charge in [-0.1, -0.05) is 30.9 Å². The van der Waals surface area contributed by atoms with Crippen LogP contribution in [0.1, 0.15) is 30.5 Å². The van der Waals surface area contributed by atoms with Crippen LogP contribution in [0.5, 0.6) is 5.75 Å². The van der Waals surface area contributed by atoms with Crippen molar-refractivity contribution >= 4 is 0 Å². The van der Waals surface area contributed by atoms with Crippen molar-refractivity contribution in [1.29, 1.82) is 0 Å². The molecule has 3 heteroatoms. The summed E-state index contributed by atoms with van der Waals surface area (Å²) < 4.78 is 32.6. The molecule has 0 saturated heterocycles. The fourth-order valence-corrected chi connectivity index (χ4v) is 1.86. The predicted molar refractivity (Wildman–Crippen MR) is 79.3 cm³/mol. The van der Waals surface area contributed by atoms with Crippen molar-refractivity contribution in [3.05, 3.63) is 64.7 Å². The van der Waals surface area contributed by atoms with Gasteiger partial charge in [-0.25, -0.2) is 4.39 Å². The Labute approximate surface area is 123 Å². The van der Waals surface area contributed by atoms with Crippen LogP contribution < -0.4 is 4.74 Å². The summed E-state index contributed by atoms with van der Waals surface area (Å²) >= 11 is 0. The molecule has 0 saturated carbocycles. The summed E-state index contributed by atoms with van der Waals surface area (Å²) in [5.74, 6) is 3.43. The summed E-state index contributed by atoms with van der Waals surface area (Å²) in [5.41, 5.74) is 2.00. The van der Waals surface area contributed by atoms with E-state index in [4.69, 9.17) is 4.74 Å². The maximum absolute atomic E-state index is 13.8. The highest BCUT2D eigenvalue weighted by molar-refractivity contribution is 5.46. The lowest BCUT2D eigenvalue weighted by Gasteiger charge is -2.05. The smallest absolute Gasteiger partial charge is 0.201 e. The van der Waals surface area contributed by atoms with Crippen molar-refractivity contribution in [2.75, 3.05) is 6.61 Å². The van der Waals surface area contributed by atoms with Crippen LogP contribution >= 0.6 is 0 Å². The third kappa shape index (κ3) is 3.61. The van der Waals surface area contributed by atoms with Crippen LogP contribution in [0.15, 0.2) is 36.4 Å². The van der Waals surface area contributed by atoms with E-state index in [2.05, 4.69) is 18.8 Å². The first kappa shape index (κ1) is 15.1. The molecule has 2 rings (SSSR count). The lowest BCUT2D eigenvalue weighted by molar-refractivity contribution is 0.314. The number of halogens is 2. The second-order valence-corrected chi connectivity index (χ2v) is 4.47. The minimum Gasteiger partial charge on any atom is -0.491 e. The van der Waals surface area contributed by atoms with Crippen molar-refractivity contribution in [2.24, 2.45) is 0 Å². The van der Waals surface area contributed by atoms with E-state index >= 15 is 0 Å². The van der Waals surface area contributed by atoms with Gasteiger partial charge in [-0.2, -0.15) is 4.39 Å². The molecule has 0 aromatic heterocycles. The molecular formula is C18H16F2O. The summed E-state index contributed by atoms with van der Waals surface area (Å²) in [6, 6.07) is 10.5. The molecule has 0 aliphatic heterocycles. The maximum atomic E-state index is 13.8. The SMILES string of the molecule is CCOc1ccc(C#Cc2ccc(CC)cc2)c(F)c1F. The van der Waals surface area contributed by atoms with E-state index in [0.29, 0.717) is 0 Å². The van der Waals surface area contributed by atoms with Crippen LogP contribution in [0.2, 0.25) is 0 Å². The first-order valence-electron chi connectivity index (χ1n) is 6.87. The van der Waals surface area contributed by atoms with Gasteiger partial charge in [0.25, 0.3) is 0 Å². The van der Waals surface area contributed by atoms with Crippen LogP contribution in [0, 0.1) is 23.5 Å². The average molecular weight is 286 g/mol. The molecule has 0 heterocycles. The van der Waals surface area contributed by atoms with E-state index in [1.807, 2.05) is 24.3 Å². The van der Waals surface area contributed by atoms with Gasteiger partial charge in [-0.15, -0.1) is 0 Å². The highest BCUT2D eigenvalue weighted by Crippen LogP contribution is 2.22. The topological polar surface area (TPSA) is 9.23 Å². The number of aryl methyl sites for hydroxylation is 1. The zero-order valence-corrected chi connectivity index (χ0v) is 12.0. The van der Waals surface area contributed by atoms with Crippen LogP contribution in [0.25, 0.3) is 0 Å². The largest absolute Gasteiger partial charge is 0.491 e. The molecule has 21 heavy (non-hydrogen) atoms. The predicted octanol–water partition coefficient (Wildman–Crippen LogP) is 4.33. The van der Waals surface area contributed by atoms with Crippen LogP contribution in [0.4, 0.5) is 8.78 Å². The Hall–Kier alpha value is -2.34. The van der Waals surface area contributed by atoms with Gasteiger partial charge < -0.3 is 4.74 Å². The molecule has 2 aromatic rings. The van der Waals surface area contributed by atoms with Gasteiger partial charge in [0.05, 0.1) is 12.2 Å². The number of hydrogen-bond acceptors (Lipinski definition) is 1. The Kier molecular flexibility index (Phi) is 4.94. The Morgan fingerprint density at radius 2 is 1.62 bits per heavy atom. The first-order chi connectivity index (χ1) is 10.2. The first-order valence-corrected chi connectivity index (χ1v) is 6.87. The Morgan fingerprint density at radius 3 is 2.24 bits per heavy atom. The molecule has 0 N–H and O–H groups in total. The van der Waals surface area contributed by atoms with E-state index in [1.54, 1.807) is 6.92 Å². The molecule has 0 amide bonds. The Balaban J connectivity index is 2.27. The molecule has 108 valence electrons. The number of ether oxygens (including phenoxy) is 1. The maximum Gasteiger partial charge on any atom is 0.201 e. The van der Waals surface area contributed by atoms with Gasteiger partial charge in [-0.3, -0.25) is 0 Å². The Morgan fingerprint density at radius 1 is 0.905 bits per heavy atom. The van der Waals surface area contributed by atoms with E-state index in [-0.39, 0.29) is 17.9 Å². The van der Waals surface area contributed by atoms with Crippen molar-refractivity contribution in [1.82, 2.24) is 0 Å². The van der Waals surface area contributed by atoms with Crippen molar-refractivity contribution in [3.63, 3.8) is 0 Å². The van der Waals surface area contributed by atoms with Crippen LogP contribution in [-0.4, -0.2) is 6.61 Å². The molecule has 0 spiro atoms. The summed E-state index contributed by atoms with van der Waals surface area (Å²) in [5, 5.41) is 0. The normalized spacial score (nSPS) is 9.90. The van der Waals surface area contributed by atoms with Crippen LogP contribution in [-0.2, 0) is 6.42 Å². The number of benzene rings is 2. The zero-order valence-electron chi connectivity index (χ0n) is 12.0. The lowest BCUT2D eigenvalue weighted by Crippen LogP contribution is -1.98. The van der Waals surface area contributed by atoms with Crippen molar-refractivity contribution in [3.8, 4) is 17.6 Å². The van der Waals surface area contributed by atoms with Crippen molar-refractivity contribution in [2.45, 2.75) is 20.3 Å². The fraction of sp³-hybridized carbons (Fsp3) is 0.222. The van der Waals surface area contributed by atoms with Gasteiger partial charge in [0.2, 0.25) is 5.82 Å². The molecule has 0 aliphatic carbocycles. The Bertz CT molecular complexity index is 679. The van der Waals surface area contributed by atoms with E-state index < -0.39 is 11.6 Å². The average Bonchev–Trinajstić information content (AvgIpc) is 2.52. The van der Waals surface area contributed by atoms with E-state index in [9.17, 15) is 8.78 Å². The van der Waals surface area contributed by atoms with Gasteiger partial charge in [-0.05, 0) is 43.2 Å². The molecular weight excluding hydrogens is 270 g/mol. The van der Waals surface area contributed by atoms with Gasteiger partial charge >= 0.3 is 0 Å². The van der Waals surface area contributed by atoms with Gasteiger partial charge in [0, 0.05) is 5.56 Å². The number of rotatable bonds is 3. The minimum absolute atomic E-state index is 0.0236. The third-order valence-electron chi connectivity index (χ3n) is 3.05. The molecule has 0 aliphatic rings. The highest BCUT2D eigenvalue weighted by atomic mass is 19.2. The standard InChI is InChI=1S/C18H16F2O/c1-3-13-5-7-14(8-6-13)9-10-15-11-12-16(21-4-2)18(20)17(15)19/h5-8,11-12H,3-4H2,1-2H3. The summed E-state index contributed by atoms with van der Waals surface area (Å²) in [4.78, 5) is 0. The highest BCUT2D eigenvalue weighted by Gasteiger charge is 2.12. The lowest BCUT2D eigenvalue weighted by atomic mass is 10.1. The molecule has 2 aromatic carbocycles.